The Morgan fingerprint density at radius 2 is 2.04 bits per heavy atom. The maximum atomic E-state index is 12.6. The Balaban J connectivity index is 2.14. The van der Waals surface area contributed by atoms with E-state index < -0.39 is 0 Å². The van der Waals surface area contributed by atoms with E-state index in [9.17, 15) is 9.59 Å². The van der Waals surface area contributed by atoms with Crippen LogP contribution in [0.25, 0.3) is 0 Å². The molecule has 0 bridgehead atoms. The summed E-state index contributed by atoms with van der Waals surface area (Å²) in [4.78, 5) is 29.3. The van der Waals surface area contributed by atoms with Gasteiger partial charge in [0, 0.05) is 18.8 Å². The van der Waals surface area contributed by atoms with Crippen LogP contribution in [0.2, 0.25) is 0 Å². The third-order valence-corrected chi connectivity index (χ3v) is 3.83. The zero-order valence-electron chi connectivity index (χ0n) is 13.0. The monoisotopic (exact) mass is 327 g/mol. The average Bonchev–Trinajstić information content (AvgIpc) is 2.96. The smallest absolute Gasteiger partial charge is 0.274 e. The van der Waals surface area contributed by atoms with Crippen molar-refractivity contribution in [2.75, 3.05) is 11.9 Å². The zero-order valence-corrected chi connectivity index (χ0v) is 13.8. The van der Waals surface area contributed by atoms with Crippen LogP contribution in [0.4, 0.5) is 5.13 Å². The van der Waals surface area contributed by atoms with Gasteiger partial charge in [0.1, 0.15) is 5.69 Å². The summed E-state index contributed by atoms with van der Waals surface area (Å²) >= 11 is 1.21. The molecule has 2 amide bonds. The number of nitrogens with one attached hydrogen (secondary N) is 1. The normalized spacial score (nSPS) is 9.96. The molecule has 1 aromatic heterocycles. The first-order chi connectivity index (χ1) is 11.0. The first kappa shape index (κ1) is 16.7. The molecule has 0 radical (unpaired) electrons. The Bertz CT molecular complexity index is 744. The third kappa shape index (κ3) is 4.66. The summed E-state index contributed by atoms with van der Waals surface area (Å²) in [6.07, 6.45) is 5.38. The lowest BCUT2D eigenvalue weighted by molar-refractivity contribution is -0.114. The van der Waals surface area contributed by atoms with Crippen molar-refractivity contribution >= 4 is 28.3 Å². The van der Waals surface area contributed by atoms with E-state index in [1.54, 1.807) is 10.3 Å². The summed E-state index contributed by atoms with van der Waals surface area (Å²) in [5, 5.41) is 4.58. The van der Waals surface area contributed by atoms with Crippen LogP contribution in [0.1, 0.15) is 28.5 Å². The maximum absolute atomic E-state index is 12.6. The number of carbonyl (C=O) groups excluding carboxylic acids is 2. The van der Waals surface area contributed by atoms with Crippen molar-refractivity contribution in [3.8, 4) is 12.3 Å². The van der Waals surface area contributed by atoms with Gasteiger partial charge in [0.15, 0.2) is 5.13 Å². The molecule has 23 heavy (non-hydrogen) atoms. The number of carbonyl (C=O) groups is 2. The molecule has 0 aliphatic heterocycles. The molecular weight excluding hydrogens is 310 g/mol. The lowest BCUT2D eigenvalue weighted by atomic mass is 10.1. The number of aryl methyl sites for hydroxylation is 1. The number of thiazole rings is 1. The van der Waals surface area contributed by atoms with Crippen molar-refractivity contribution in [3.05, 3.63) is 46.5 Å². The minimum Gasteiger partial charge on any atom is -0.322 e. The fourth-order valence-electron chi connectivity index (χ4n) is 1.97. The lowest BCUT2D eigenvalue weighted by Gasteiger charge is -2.19. The molecule has 1 heterocycles. The van der Waals surface area contributed by atoms with Gasteiger partial charge in [0.2, 0.25) is 5.91 Å². The number of nitrogens with zero attached hydrogens (tertiary/aromatic N) is 2. The van der Waals surface area contributed by atoms with Crippen LogP contribution in [0, 0.1) is 19.3 Å². The summed E-state index contributed by atoms with van der Waals surface area (Å²) in [6, 6.07) is 7.92. The van der Waals surface area contributed by atoms with Gasteiger partial charge in [-0.2, -0.15) is 0 Å². The lowest BCUT2D eigenvalue weighted by Crippen LogP contribution is -2.31. The van der Waals surface area contributed by atoms with E-state index in [2.05, 4.69) is 16.2 Å². The van der Waals surface area contributed by atoms with E-state index in [0.717, 1.165) is 11.1 Å². The number of aromatic nitrogens is 1. The summed E-state index contributed by atoms with van der Waals surface area (Å²) in [6.45, 7) is 4.01. The summed E-state index contributed by atoms with van der Waals surface area (Å²) in [5.74, 6) is 2.02. The first-order valence-corrected chi connectivity index (χ1v) is 7.89. The molecule has 0 aliphatic carbocycles. The second-order valence-corrected chi connectivity index (χ2v) is 5.93. The van der Waals surface area contributed by atoms with Crippen molar-refractivity contribution in [2.45, 2.75) is 20.4 Å². The molecule has 0 fully saturated rings. The largest absolute Gasteiger partial charge is 0.322 e. The molecule has 118 valence electrons. The highest BCUT2D eigenvalue weighted by atomic mass is 32.1. The van der Waals surface area contributed by atoms with Crippen LogP contribution in [-0.4, -0.2) is 28.2 Å². The van der Waals surface area contributed by atoms with Gasteiger partial charge < -0.3 is 10.2 Å². The van der Waals surface area contributed by atoms with Gasteiger partial charge >= 0.3 is 0 Å². The number of amides is 2. The van der Waals surface area contributed by atoms with Gasteiger partial charge in [-0.05, 0) is 12.5 Å². The number of hydrogen-bond acceptors (Lipinski definition) is 4. The number of benzene rings is 1. The van der Waals surface area contributed by atoms with Gasteiger partial charge in [0.25, 0.3) is 5.91 Å². The van der Waals surface area contributed by atoms with Gasteiger partial charge in [-0.3, -0.25) is 9.59 Å². The fourth-order valence-corrected chi connectivity index (χ4v) is 2.70. The van der Waals surface area contributed by atoms with Crippen molar-refractivity contribution in [2.24, 2.45) is 0 Å². The molecule has 6 heteroatoms. The number of terminal acetylenes is 1. The molecule has 0 saturated heterocycles. The quantitative estimate of drug-likeness (QED) is 0.859. The van der Waals surface area contributed by atoms with Crippen LogP contribution in [-0.2, 0) is 11.3 Å². The molecule has 0 unspecified atom stereocenters. The molecule has 0 spiro atoms. The molecule has 1 N–H and O–H groups in total. The highest BCUT2D eigenvalue weighted by molar-refractivity contribution is 7.14. The van der Waals surface area contributed by atoms with E-state index in [0.29, 0.717) is 11.7 Å². The van der Waals surface area contributed by atoms with Crippen molar-refractivity contribution in [1.29, 1.82) is 0 Å². The number of rotatable bonds is 5. The number of anilines is 1. The summed E-state index contributed by atoms with van der Waals surface area (Å²) < 4.78 is 0. The Morgan fingerprint density at radius 3 is 2.65 bits per heavy atom. The van der Waals surface area contributed by atoms with E-state index >= 15 is 0 Å². The van der Waals surface area contributed by atoms with Gasteiger partial charge in [-0.25, -0.2) is 4.98 Å². The first-order valence-electron chi connectivity index (χ1n) is 7.01. The van der Waals surface area contributed by atoms with Gasteiger partial charge in [0.05, 0.1) is 6.54 Å². The van der Waals surface area contributed by atoms with Crippen LogP contribution < -0.4 is 5.32 Å². The molecule has 0 aliphatic rings. The van der Waals surface area contributed by atoms with Crippen molar-refractivity contribution in [1.82, 2.24) is 9.88 Å². The predicted molar refractivity (Wildman–Crippen MR) is 91.2 cm³/mol. The average molecular weight is 327 g/mol. The minimum absolute atomic E-state index is 0.194. The molecule has 2 aromatic rings. The topological polar surface area (TPSA) is 62.3 Å². The van der Waals surface area contributed by atoms with Crippen LogP contribution in [0.5, 0.6) is 0 Å². The standard InChI is InChI=1S/C17H17N3O2S/c1-4-9-20(10-14-7-5-12(2)6-8-14)16(22)15-11-23-17(19-15)18-13(3)21/h1,5-8,11H,9-10H2,2-3H3,(H,18,19,21). The molecule has 0 atom stereocenters. The van der Waals surface area contributed by atoms with Crippen LogP contribution in [0.15, 0.2) is 29.6 Å². The predicted octanol–water partition coefficient (Wildman–Crippen LogP) is 2.69. The maximum Gasteiger partial charge on any atom is 0.274 e. The Kier molecular flexibility index (Phi) is 5.50. The molecule has 0 saturated carbocycles. The SMILES string of the molecule is C#CCN(Cc1ccc(C)cc1)C(=O)c1csc(NC(C)=O)n1. The van der Waals surface area contributed by atoms with Crippen LogP contribution >= 0.6 is 11.3 Å². The van der Waals surface area contributed by atoms with E-state index in [1.165, 1.54) is 18.3 Å². The summed E-state index contributed by atoms with van der Waals surface area (Å²) in [7, 11) is 0. The van der Waals surface area contributed by atoms with E-state index in [-0.39, 0.29) is 24.1 Å². The zero-order chi connectivity index (χ0) is 16.8. The Morgan fingerprint density at radius 1 is 1.35 bits per heavy atom. The van der Waals surface area contributed by atoms with Crippen LogP contribution in [0.3, 0.4) is 0 Å². The van der Waals surface area contributed by atoms with E-state index in [1.807, 2.05) is 31.2 Å². The molecule has 1 aromatic carbocycles. The second kappa shape index (κ2) is 7.56. The Hall–Kier alpha value is -2.65. The fraction of sp³-hybridized carbons (Fsp3) is 0.235. The molecule has 5 nitrogen and oxygen atoms in total. The highest BCUT2D eigenvalue weighted by Gasteiger charge is 2.18. The minimum atomic E-state index is -0.253. The van der Waals surface area contributed by atoms with Gasteiger partial charge in [-0.1, -0.05) is 35.7 Å². The van der Waals surface area contributed by atoms with Gasteiger partial charge in [-0.15, -0.1) is 17.8 Å². The van der Waals surface area contributed by atoms with Crippen molar-refractivity contribution in [3.63, 3.8) is 0 Å². The summed E-state index contributed by atoms with van der Waals surface area (Å²) in [5.41, 5.74) is 2.43. The van der Waals surface area contributed by atoms with E-state index in [4.69, 9.17) is 6.42 Å². The molecular formula is C17H17N3O2S. The third-order valence-electron chi connectivity index (χ3n) is 3.07. The second-order valence-electron chi connectivity index (χ2n) is 5.07. The molecule has 2 rings (SSSR count). The Labute approximate surface area is 139 Å². The van der Waals surface area contributed by atoms with Crippen molar-refractivity contribution < 1.29 is 9.59 Å². The highest BCUT2D eigenvalue weighted by Crippen LogP contribution is 2.18. The number of hydrogen-bond donors (Lipinski definition) is 1.